The van der Waals surface area contributed by atoms with Crippen LogP contribution in [0.3, 0.4) is 0 Å². The topological polar surface area (TPSA) is 40.5 Å². The van der Waals surface area contributed by atoms with Gasteiger partial charge in [0.05, 0.1) is 5.56 Å². The van der Waals surface area contributed by atoms with Crippen LogP contribution < -0.4 is 0 Å². The lowest BCUT2D eigenvalue weighted by atomic mass is 10.0. The Kier molecular flexibility index (Phi) is 3.08. The van der Waals surface area contributed by atoms with Gasteiger partial charge in [-0.05, 0) is 43.4 Å². The minimum atomic E-state index is -0.848. The number of hydrogen-bond acceptors (Lipinski definition) is 2. The lowest BCUT2D eigenvalue weighted by Gasteiger charge is -2.34. The van der Waals surface area contributed by atoms with Crippen molar-refractivity contribution in [3.8, 4) is 0 Å². The molecule has 0 aromatic heterocycles. The smallest absolute Gasteiger partial charge is 0.335 e. The van der Waals surface area contributed by atoms with Gasteiger partial charge in [0.15, 0.2) is 0 Å². The van der Waals surface area contributed by atoms with Crippen LogP contribution in [0.15, 0.2) is 24.3 Å². The average Bonchev–Trinajstić information content (AvgIpc) is 2.62. The fraction of sp³-hybridized carbons (Fsp3) is 0.533. The molecule has 0 spiro atoms. The molecule has 1 aromatic carbocycles. The fourth-order valence-corrected chi connectivity index (χ4v) is 3.45. The average molecular weight is 245 g/mol. The molecular formula is C15H19NO2. The van der Waals surface area contributed by atoms with Crippen molar-refractivity contribution in [2.45, 2.75) is 50.7 Å². The Morgan fingerprint density at radius 2 is 1.72 bits per heavy atom. The van der Waals surface area contributed by atoms with Gasteiger partial charge in [0.25, 0.3) is 0 Å². The van der Waals surface area contributed by atoms with Crippen LogP contribution in [0.25, 0.3) is 0 Å². The third-order valence-electron chi connectivity index (χ3n) is 4.41. The van der Waals surface area contributed by atoms with Gasteiger partial charge in [-0.3, -0.25) is 4.90 Å². The van der Waals surface area contributed by atoms with Crippen LogP contribution in [-0.4, -0.2) is 28.1 Å². The molecule has 3 heteroatoms. The van der Waals surface area contributed by atoms with E-state index in [4.69, 9.17) is 5.11 Å². The Labute approximate surface area is 107 Å². The van der Waals surface area contributed by atoms with E-state index in [1.165, 1.54) is 37.7 Å². The number of nitrogens with zero attached hydrogens (tertiary/aromatic N) is 1. The molecule has 0 aliphatic carbocycles. The maximum atomic E-state index is 10.8. The Morgan fingerprint density at radius 3 is 2.28 bits per heavy atom. The van der Waals surface area contributed by atoms with Crippen molar-refractivity contribution >= 4 is 5.97 Å². The van der Waals surface area contributed by atoms with E-state index in [1.54, 1.807) is 12.1 Å². The largest absolute Gasteiger partial charge is 0.478 e. The number of benzene rings is 1. The van der Waals surface area contributed by atoms with Gasteiger partial charge in [-0.1, -0.05) is 18.6 Å². The van der Waals surface area contributed by atoms with Gasteiger partial charge in [0.2, 0.25) is 0 Å². The summed E-state index contributed by atoms with van der Waals surface area (Å²) in [4.78, 5) is 13.4. The standard InChI is InChI=1S/C15H19NO2/c17-15(18)12-6-4-11(5-7-12)10-16-13-2-1-3-14(16)9-8-13/h4-7,13-14H,1-3,8-10H2,(H,17,18). The van der Waals surface area contributed by atoms with Crippen molar-refractivity contribution in [3.63, 3.8) is 0 Å². The lowest BCUT2D eigenvalue weighted by Crippen LogP contribution is -2.38. The third-order valence-corrected chi connectivity index (χ3v) is 4.41. The van der Waals surface area contributed by atoms with E-state index >= 15 is 0 Å². The predicted molar refractivity (Wildman–Crippen MR) is 69.6 cm³/mol. The zero-order chi connectivity index (χ0) is 12.5. The molecule has 3 rings (SSSR count). The van der Waals surface area contributed by atoms with Gasteiger partial charge >= 0.3 is 5.97 Å². The number of carboxylic acid groups (broad SMARTS) is 1. The molecule has 3 nitrogen and oxygen atoms in total. The molecule has 96 valence electrons. The van der Waals surface area contributed by atoms with E-state index in [0.717, 1.165) is 18.6 Å². The van der Waals surface area contributed by atoms with Crippen LogP contribution in [0.5, 0.6) is 0 Å². The Bertz CT molecular complexity index is 424. The summed E-state index contributed by atoms with van der Waals surface area (Å²) in [7, 11) is 0. The molecule has 1 aromatic rings. The number of carboxylic acids is 1. The molecule has 0 amide bonds. The molecular weight excluding hydrogens is 226 g/mol. The number of fused-ring (bicyclic) bond motifs is 2. The number of piperidine rings is 1. The summed E-state index contributed by atoms with van der Waals surface area (Å²) >= 11 is 0. The summed E-state index contributed by atoms with van der Waals surface area (Å²) in [6, 6.07) is 8.87. The van der Waals surface area contributed by atoms with Crippen LogP contribution in [0.4, 0.5) is 0 Å². The highest BCUT2D eigenvalue weighted by Crippen LogP contribution is 2.36. The molecule has 2 heterocycles. The van der Waals surface area contributed by atoms with Crippen molar-refractivity contribution in [3.05, 3.63) is 35.4 Å². The van der Waals surface area contributed by atoms with E-state index in [2.05, 4.69) is 4.90 Å². The summed E-state index contributed by atoms with van der Waals surface area (Å²) < 4.78 is 0. The quantitative estimate of drug-likeness (QED) is 0.890. The van der Waals surface area contributed by atoms with E-state index < -0.39 is 5.97 Å². The number of aromatic carboxylic acids is 1. The van der Waals surface area contributed by atoms with Gasteiger partial charge in [0.1, 0.15) is 0 Å². The first-order valence-electron chi connectivity index (χ1n) is 6.82. The Morgan fingerprint density at radius 1 is 1.11 bits per heavy atom. The maximum Gasteiger partial charge on any atom is 0.335 e. The van der Waals surface area contributed by atoms with Crippen molar-refractivity contribution in [2.75, 3.05) is 0 Å². The molecule has 2 aliphatic heterocycles. The number of carbonyl (C=O) groups is 1. The third kappa shape index (κ3) is 2.15. The molecule has 2 fully saturated rings. The molecule has 0 saturated carbocycles. The lowest BCUT2D eigenvalue weighted by molar-refractivity contribution is 0.0697. The summed E-state index contributed by atoms with van der Waals surface area (Å²) in [5.41, 5.74) is 1.61. The molecule has 2 unspecified atom stereocenters. The highest BCUT2D eigenvalue weighted by molar-refractivity contribution is 5.87. The van der Waals surface area contributed by atoms with Crippen LogP contribution in [0.1, 0.15) is 48.0 Å². The molecule has 2 saturated heterocycles. The van der Waals surface area contributed by atoms with Crippen LogP contribution >= 0.6 is 0 Å². The normalized spacial score (nSPS) is 27.3. The SMILES string of the molecule is O=C(O)c1ccc(CN2C3CCCC2CC3)cc1. The summed E-state index contributed by atoms with van der Waals surface area (Å²) in [6.45, 7) is 0.981. The molecule has 0 radical (unpaired) electrons. The van der Waals surface area contributed by atoms with Crippen molar-refractivity contribution in [1.29, 1.82) is 0 Å². The number of hydrogen-bond donors (Lipinski definition) is 1. The first kappa shape index (κ1) is 11.7. The van der Waals surface area contributed by atoms with Crippen LogP contribution in [-0.2, 0) is 6.54 Å². The summed E-state index contributed by atoms with van der Waals surface area (Å²) in [5.74, 6) is -0.848. The second-order valence-corrected chi connectivity index (χ2v) is 5.49. The van der Waals surface area contributed by atoms with Gasteiger partial charge in [0, 0.05) is 18.6 Å². The van der Waals surface area contributed by atoms with Gasteiger partial charge in [-0.15, -0.1) is 0 Å². The van der Waals surface area contributed by atoms with E-state index in [1.807, 2.05) is 12.1 Å². The van der Waals surface area contributed by atoms with Crippen molar-refractivity contribution < 1.29 is 9.90 Å². The summed E-state index contributed by atoms with van der Waals surface area (Å²) in [6.07, 6.45) is 6.74. The fourth-order valence-electron chi connectivity index (χ4n) is 3.45. The first-order chi connectivity index (χ1) is 8.74. The second kappa shape index (κ2) is 4.73. The highest BCUT2D eigenvalue weighted by atomic mass is 16.4. The van der Waals surface area contributed by atoms with E-state index in [0.29, 0.717) is 5.56 Å². The minimum absolute atomic E-state index is 0.375. The predicted octanol–water partition coefficient (Wildman–Crippen LogP) is 2.90. The summed E-state index contributed by atoms with van der Waals surface area (Å²) in [5, 5.41) is 8.88. The van der Waals surface area contributed by atoms with Crippen molar-refractivity contribution in [1.82, 2.24) is 4.90 Å². The van der Waals surface area contributed by atoms with Gasteiger partial charge in [-0.2, -0.15) is 0 Å². The highest BCUT2D eigenvalue weighted by Gasteiger charge is 2.35. The van der Waals surface area contributed by atoms with E-state index in [9.17, 15) is 4.79 Å². The molecule has 18 heavy (non-hydrogen) atoms. The molecule has 2 aliphatic rings. The second-order valence-electron chi connectivity index (χ2n) is 5.49. The van der Waals surface area contributed by atoms with Gasteiger partial charge in [-0.25, -0.2) is 4.79 Å². The Balaban J connectivity index is 1.71. The van der Waals surface area contributed by atoms with Crippen molar-refractivity contribution in [2.24, 2.45) is 0 Å². The minimum Gasteiger partial charge on any atom is -0.478 e. The first-order valence-corrected chi connectivity index (χ1v) is 6.82. The molecule has 1 N–H and O–H groups in total. The number of rotatable bonds is 3. The zero-order valence-electron chi connectivity index (χ0n) is 10.5. The monoisotopic (exact) mass is 245 g/mol. The van der Waals surface area contributed by atoms with E-state index in [-0.39, 0.29) is 0 Å². The maximum absolute atomic E-state index is 10.8. The zero-order valence-corrected chi connectivity index (χ0v) is 10.5. The molecule has 2 bridgehead atoms. The molecule has 2 atom stereocenters. The van der Waals surface area contributed by atoms with Crippen LogP contribution in [0, 0.1) is 0 Å². The Hall–Kier alpha value is -1.35. The van der Waals surface area contributed by atoms with Crippen LogP contribution in [0.2, 0.25) is 0 Å². The van der Waals surface area contributed by atoms with Gasteiger partial charge < -0.3 is 5.11 Å².